The molecule has 118 valence electrons. The molecule has 0 saturated carbocycles. The summed E-state index contributed by atoms with van der Waals surface area (Å²) in [5.41, 5.74) is -0.270. The van der Waals surface area contributed by atoms with E-state index in [9.17, 15) is 28.8 Å². The van der Waals surface area contributed by atoms with Crippen LogP contribution in [0.15, 0.2) is 36.0 Å². The molecule has 0 atom stereocenters. The van der Waals surface area contributed by atoms with Gasteiger partial charge in [0.2, 0.25) is 11.8 Å². The normalized spacial score (nSPS) is 19.7. The van der Waals surface area contributed by atoms with Crippen LogP contribution in [0.2, 0.25) is 0 Å². The minimum absolute atomic E-state index is 0.270. The van der Waals surface area contributed by atoms with Crippen LogP contribution in [0.1, 0.15) is 0 Å². The van der Waals surface area contributed by atoms with E-state index in [-0.39, 0.29) is 5.57 Å². The van der Waals surface area contributed by atoms with Gasteiger partial charge in [0.05, 0.1) is 0 Å². The van der Waals surface area contributed by atoms with Gasteiger partial charge in [-0.2, -0.15) is 0 Å². The van der Waals surface area contributed by atoms with Crippen molar-refractivity contribution in [2.45, 2.75) is 0 Å². The number of allylic oxidation sites excluding steroid dienone is 4. The second-order valence-electron chi connectivity index (χ2n) is 4.37. The Bertz CT molecular complexity index is 676. The van der Waals surface area contributed by atoms with Gasteiger partial charge in [-0.1, -0.05) is 24.3 Å². The van der Waals surface area contributed by atoms with Crippen LogP contribution in [0.3, 0.4) is 0 Å². The fourth-order valence-electron chi connectivity index (χ4n) is 1.72. The van der Waals surface area contributed by atoms with Crippen molar-refractivity contribution in [2.24, 2.45) is 5.92 Å². The van der Waals surface area contributed by atoms with E-state index in [0.717, 1.165) is 6.08 Å². The predicted molar refractivity (Wildman–Crippen MR) is 73.2 cm³/mol. The van der Waals surface area contributed by atoms with Crippen LogP contribution in [0.25, 0.3) is 0 Å². The second-order valence-corrected chi connectivity index (χ2v) is 4.37. The number of rotatable bonds is 3. The molecule has 2 rings (SSSR count). The molecule has 2 aliphatic heterocycles. The highest BCUT2D eigenvalue weighted by Crippen LogP contribution is 2.05. The van der Waals surface area contributed by atoms with E-state index in [1.54, 1.807) is 0 Å². The van der Waals surface area contributed by atoms with E-state index in [0.29, 0.717) is 0 Å². The van der Waals surface area contributed by atoms with Crippen LogP contribution < -0.4 is 21.3 Å². The van der Waals surface area contributed by atoms with E-state index >= 15 is 0 Å². The summed E-state index contributed by atoms with van der Waals surface area (Å²) in [7, 11) is 0. The van der Waals surface area contributed by atoms with Crippen molar-refractivity contribution < 1.29 is 28.8 Å². The summed E-state index contributed by atoms with van der Waals surface area (Å²) in [6.07, 6.45) is 6.40. The number of amides is 8. The molecule has 10 heteroatoms. The number of nitrogens with one attached hydrogen (secondary N) is 4. The first-order valence-electron chi connectivity index (χ1n) is 6.26. The van der Waals surface area contributed by atoms with E-state index in [1.807, 2.05) is 21.3 Å². The Morgan fingerprint density at radius 3 is 1.74 bits per heavy atom. The highest BCUT2D eigenvalue weighted by Gasteiger charge is 2.31. The zero-order valence-electron chi connectivity index (χ0n) is 11.4. The van der Waals surface area contributed by atoms with E-state index in [2.05, 4.69) is 0 Å². The molecule has 2 aliphatic rings. The average Bonchev–Trinajstić information content (AvgIpc) is 2.42. The van der Waals surface area contributed by atoms with Gasteiger partial charge >= 0.3 is 12.1 Å². The highest BCUT2D eigenvalue weighted by atomic mass is 16.2. The summed E-state index contributed by atoms with van der Waals surface area (Å²) >= 11 is 0. The molecule has 2 saturated heterocycles. The number of urea groups is 2. The average molecular weight is 318 g/mol. The molecule has 0 aliphatic carbocycles. The summed E-state index contributed by atoms with van der Waals surface area (Å²) in [5.74, 6) is -4.35. The van der Waals surface area contributed by atoms with Gasteiger partial charge in [-0.3, -0.25) is 40.4 Å². The van der Waals surface area contributed by atoms with Gasteiger partial charge in [-0.15, -0.1) is 0 Å². The minimum atomic E-state index is -1.16. The quantitative estimate of drug-likeness (QED) is 0.212. The molecule has 0 spiro atoms. The van der Waals surface area contributed by atoms with Crippen LogP contribution in [0, 0.1) is 5.92 Å². The fraction of sp³-hybridized carbons (Fsp3) is 0.0769. The highest BCUT2D eigenvalue weighted by molar-refractivity contribution is 6.29. The third kappa shape index (κ3) is 3.75. The molecule has 0 aromatic rings. The summed E-state index contributed by atoms with van der Waals surface area (Å²) in [6.45, 7) is 0. The lowest BCUT2D eigenvalue weighted by atomic mass is 10.1. The van der Waals surface area contributed by atoms with E-state index in [4.69, 9.17) is 0 Å². The topological polar surface area (TPSA) is 151 Å². The maximum Gasteiger partial charge on any atom is 0.328 e. The summed E-state index contributed by atoms with van der Waals surface area (Å²) < 4.78 is 0. The summed E-state index contributed by atoms with van der Waals surface area (Å²) in [5, 5.41) is 7.67. The smallest absolute Gasteiger partial charge is 0.277 e. The van der Waals surface area contributed by atoms with Crippen LogP contribution >= 0.6 is 0 Å². The number of barbiturate groups is 2. The maximum absolute atomic E-state index is 11.4. The van der Waals surface area contributed by atoms with Crippen molar-refractivity contribution in [3.05, 3.63) is 36.0 Å². The number of carbonyl (C=O) groups excluding carboxylic acids is 6. The molecule has 23 heavy (non-hydrogen) atoms. The van der Waals surface area contributed by atoms with Gasteiger partial charge in [-0.05, 0) is 6.08 Å². The van der Waals surface area contributed by atoms with Crippen molar-refractivity contribution in [3.63, 3.8) is 0 Å². The van der Waals surface area contributed by atoms with Crippen molar-refractivity contribution in [1.82, 2.24) is 21.3 Å². The van der Waals surface area contributed by atoms with Gasteiger partial charge in [-0.25, -0.2) is 9.59 Å². The van der Waals surface area contributed by atoms with Crippen LogP contribution in [-0.4, -0.2) is 35.7 Å². The van der Waals surface area contributed by atoms with Gasteiger partial charge in [0.25, 0.3) is 11.8 Å². The Labute approximate surface area is 128 Å². The Hall–Kier alpha value is -3.56. The van der Waals surface area contributed by atoms with Crippen LogP contribution in [-0.2, 0) is 19.2 Å². The number of hydrogen-bond donors (Lipinski definition) is 4. The van der Waals surface area contributed by atoms with Gasteiger partial charge < -0.3 is 0 Å². The lowest BCUT2D eigenvalue weighted by molar-refractivity contribution is -0.134. The van der Waals surface area contributed by atoms with Crippen molar-refractivity contribution >= 4 is 35.7 Å². The first kappa shape index (κ1) is 15.8. The third-order valence-corrected chi connectivity index (χ3v) is 2.77. The second kappa shape index (κ2) is 6.47. The lowest BCUT2D eigenvalue weighted by Gasteiger charge is -2.17. The van der Waals surface area contributed by atoms with E-state index in [1.165, 1.54) is 24.3 Å². The van der Waals surface area contributed by atoms with Crippen molar-refractivity contribution in [1.29, 1.82) is 0 Å². The first-order valence-corrected chi connectivity index (χ1v) is 6.26. The molecule has 8 amide bonds. The predicted octanol–water partition coefficient (Wildman–Crippen LogP) is -1.63. The van der Waals surface area contributed by atoms with Gasteiger partial charge in [0.15, 0.2) is 0 Å². The van der Waals surface area contributed by atoms with Crippen molar-refractivity contribution in [2.75, 3.05) is 0 Å². The van der Waals surface area contributed by atoms with E-state index < -0.39 is 41.6 Å². The molecule has 0 radical (unpaired) electrons. The minimum Gasteiger partial charge on any atom is -0.277 e. The van der Waals surface area contributed by atoms with Crippen LogP contribution in [0.4, 0.5) is 9.59 Å². The molecule has 0 aromatic carbocycles. The summed E-state index contributed by atoms with van der Waals surface area (Å²) in [4.78, 5) is 67.3. The third-order valence-electron chi connectivity index (χ3n) is 2.77. The Morgan fingerprint density at radius 1 is 0.652 bits per heavy atom. The van der Waals surface area contributed by atoms with Gasteiger partial charge in [0, 0.05) is 0 Å². The molecule has 0 aromatic heterocycles. The molecule has 4 N–H and O–H groups in total. The first-order chi connectivity index (χ1) is 10.9. The largest absolute Gasteiger partial charge is 0.328 e. The molecule has 2 heterocycles. The zero-order valence-corrected chi connectivity index (χ0v) is 11.4. The molecule has 10 nitrogen and oxygen atoms in total. The van der Waals surface area contributed by atoms with Crippen LogP contribution in [0.5, 0.6) is 0 Å². The number of imide groups is 4. The zero-order chi connectivity index (χ0) is 17.0. The Balaban J connectivity index is 2.00. The van der Waals surface area contributed by atoms with Crippen molar-refractivity contribution in [3.8, 4) is 0 Å². The molecular formula is C13H10N4O6. The maximum atomic E-state index is 11.4. The molecule has 0 bridgehead atoms. The Morgan fingerprint density at radius 2 is 1.17 bits per heavy atom. The fourth-order valence-corrected chi connectivity index (χ4v) is 1.72. The molecular weight excluding hydrogens is 308 g/mol. The molecule has 0 unspecified atom stereocenters. The summed E-state index contributed by atoms with van der Waals surface area (Å²) in [6, 6.07) is -1.78. The standard InChI is InChI=1S/C13H10N4O6/c18-8-6(9(19)15-12(22)14-8)4-2-1-3-5-7-10(20)16-13(23)17-11(7)21/h1-6H,(H2,14,15,18,19,22)(H2,16,17,20,21,23)/b3-1+,4-2-. The number of carbonyl (C=O) groups is 6. The lowest BCUT2D eigenvalue weighted by Crippen LogP contribution is -2.55. The SMILES string of the molecule is O=C1NC(=O)C(=C/C=C/C=C\C2C(=O)NC(=O)NC2=O)C(=O)N1. The number of hydrogen-bond acceptors (Lipinski definition) is 6. The van der Waals surface area contributed by atoms with Gasteiger partial charge in [0.1, 0.15) is 11.5 Å². The Kier molecular flexibility index (Phi) is 4.45. The molecule has 2 fully saturated rings. The monoisotopic (exact) mass is 318 g/mol.